The third kappa shape index (κ3) is 5.20. The van der Waals surface area contributed by atoms with Gasteiger partial charge in [-0.3, -0.25) is 4.90 Å². The fourth-order valence-corrected chi connectivity index (χ4v) is 2.72. The quantitative estimate of drug-likeness (QED) is 0.621. The zero-order valence-corrected chi connectivity index (χ0v) is 15.8. The summed E-state index contributed by atoms with van der Waals surface area (Å²) in [6, 6.07) is 9.32. The molecular weight excluding hydrogens is 363 g/mol. The van der Waals surface area contributed by atoms with Gasteiger partial charge in [-0.05, 0) is 50.5 Å². The standard InChI is InChI=1S/C20H23FN4O3/c1-25(2)17(18-4-3-11-27-18)12-23-20(26)22-10-9-16-13-28-19(24-16)14-5-7-15(21)8-6-14/h3-8,11,13,17H,9-10,12H2,1-2H3,(H2,22,23,26). The van der Waals surface area contributed by atoms with Crippen molar-refractivity contribution < 1.29 is 18.0 Å². The fraction of sp³-hybridized carbons (Fsp3) is 0.300. The van der Waals surface area contributed by atoms with Crippen molar-refractivity contribution in [3.05, 3.63) is 66.2 Å². The normalized spacial score (nSPS) is 12.1. The summed E-state index contributed by atoms with van der Waals surface area (Å²) >= 11 is 0. The van der Waals surface area contributed by atoms with Crippen LogP contribution >= 0.6 is 0 Å². The van der Waals surface area contributed by atoms with Crippen molar-refractivity contribution in [1.82, 2.24) is 20.5 Å². The van der Waals surface area contributed by atoms with Gasteiger partial charge in [0.15, 0.2) is 0 Å². The molecule has 0 aliphatic rings. The summed E-state index contributed by atoms with van der Waals surface area (Å²) in [6.45, 7) is 0.833. The summed E-state index contributed by atoms with van der Waals surface area (Å²) in [5.41, 5.74) is 1.41. The molecule has 0 saturated heterocycles. The number of urea groups is 1. The Morgan fingerprint density at radius 2 is 1.96 bits per heavy atom. The van der Waals surface area contributed by atoms with Gasteiger partial charge in [0.2, 0.25) is 5.89 Å². The lowest BCUT2D eigenvalue weighted by atomic mass is 10.2. The molecular formula is C20H23FN4O3. The molecule has 0 fully saturated rings. The third-order valence-electron chi connectivity index (χ3n) is 4.26. The molecule has 0 aliphatic heterocycles. The van der Waals surface area contributed by atoms with Gasteiger partial charge in [0.05, 0.1) is 18.0 Å². The lowest BCUT2D eigenvalue weighted by Crippen LogP contribution is -2.41. The average molecular weight is 386 g/mol. The molecule has 28 heavy (non-hydrogen) atoms. The summed E-state index contributed by atoms with van der Waals surface area (Å²) in [7, 11) is 3.85. The van der Waals surface area contributed by atoms with E-state index in [9.17, 15) is 9.18 Å². The van der Waals surface area contributed by atoms with Gasteiger partial charge in [-0.25, -0.2) is 14.2 Å². The van der Waals surface area contributed by atoms with E-state index in [0.29, 0.717) is 36.7 Å². The Morgan fingerprint density at radius 1 is 1.18 bits per heavy atom. The van der Waals surface area contributed by atoms with Gasteiger partial charge < -0.3 is 19.5 Å². The molecule has 0 radical (unpaired) electrons. The molecule has 1 aromatic carbocycles. The Balaban J connectivity index is 1.43. The predicted octanol–water partition coefficient (Wildman–Crippen LogP) is 3.22. The van der Waals surface area contributed by atoms with Crippen LogP contribution in [0.25, 0.3) is 11.5 Å². The largest absolute Gasteiger partial charge is 0.468 e. The van der Waals surface area contributed by atoms with Crippen LogP contribution < -0.4 is 10.6 Å². The van der Waals surface area contributed by atoms with E-state index >= 15 is 0 Å². The maximum atomic E-state index is 13.0. The lowest BCUT2D eigenvalue weighted by molar-refractivity contribution is 0.225. The Bertz CT molecular complexity index is 875. The van der Waals surface area contributed by atoms with E-state index in [1.807, 2.05) is 31.1 Å². The molecule has 0 aliphatic carbocycles. The van der Waals surface area contributed by atoms with E-state index in [0.717, 1.165) is 5.76 Å². The van der Waals surface area contributed by atoms with Crippen molar-refractivity contribution in [3.8, 4) is 11.5 Å². The van der Waals surface area contributed by atoms with Crippen LogP contribution in [0.2, 0.25) is 0 Å². The highest BCUT2D eigenvalue weighted by molar-refractivity contribution is 5.73. The Kier molecular flexibility index (Phi) is 6.44. The van der Waals surface area contributed by atoms with Gasteiger partial charge in [-0.15, -0.1) is 0 Å². The van der Waals surface area contributed by atoms with Crippen LogP contribution in [0.3, 0.4) is 0 Å². The van der Waals surface area contributed by atoms with Crippen molar-refractivity contribution in [3.63, 3.8) is 0 Å². The minimum absolute atomic E-state index is 0.0467. The van der Waals surface area contributed by atoms with Crippen LogP contribution in [0.15, 0.2) is 57.8 Å². The van der Waals surface area contributed by atoms with Gasteiger partial charge in [-0.2, -0.15) is 0 Å². The molecule has 2 amide bonds. The second-order valence-electron chi connectivity index (χ2n) is 6.53. The molecule has 0 spiro atoms. The van der Waals surface area contributed by atoms with Gasteiger partial charge >= 0.3 is 6.03 Å². The first-order valence-electron chi connectivity index (χ1n) is 8.95. The average Bonchev–Trinajstić information content (AvgIpc) is 3.35. The number of hydrogen-bond donors (Lipinski definition) is 2. The fourth-order valence-electron chi connectivity index (χ4n) is 2.72. The molecule has 2 N–H and O–H groups in total. The van der Waals surface area contributed by atoms with E-state index < -0.39 is 0 Å². The Morgan fingerprint density at radius 3 is 2.64 bits per heavy atom. The van der Waals surface area contributed by atoms with E-state index in [1.54, 1.807) is 18.4 Å². The summed E-state index contributed by atoms with van der Waals surface area (Å²) in [5, 5.41) is 5.64. The molecule has 0 bridgehead atoms. The summed E-state index contributed by atoms with van der Waals surface area (Å²) in [6.07, 6.45) is 3.68. The zero-order valence-electron chi connectivity index (χ0n) is 15.8. The van der Waals surface area contributed by atoms with E-state index in [2.05, 4.69) is 15.6 Å². The zero-order chi connectivity index (χ0) is 19.9. The maximum Gasteiger partial charge on any atom is 0.314 e. The van der Waals surface area contributed by atoms with E-state index in [-0.39, 0.29) is 17.9 Å². The van der Waals surface area contributed by atoms with Gasteiger partial charge in [0, 0.05) is 25.1 Å². The maximum absolute atomic E-state index is 13.0. The van der Waals surface area contributed by atoms with E-state index in [1.165, 1.54) is 18.4 Å². The van der Waals surface area contributed by atoms with Crippen LogP contribution in [0.1, 0.15) is 17.5 Å². The second-order valence-corrected chi connectivity index (χ2v) is 6.53. The summed E-state index contributed by atoms with van der Waals surface area (Å²) in [5.74, 6) is 0.905. The van der Waals surface area contributed by atoms with Crippen molar-refractivity contribution in [2.24, 2.45) is 0 Å². The van der Waals surface area contributed by atoms with Crippen LogP contribution in [0, 0.1) is 5.82 Å². The van der Waals surface area contributed by atoms with Gasteiger partial charge in [0.1, 0.15) is 17.8 Å². The summed E-state index contributed by atoms with van der Waals surface area (Å²) < 4.78 is 23.8. The van der Waals surface area contributed by atoms with Gasteiger partial charge in [-0.1, -0.05) is 0 Å². The number of likely N-dealkylation sites (N-methyl/N-ethyl adjacent to an activating group) is 1. The second kappa shape index (κ2) is 9.18. The van der Waals surface area contributed by atoms with Crippen LogP contribution in [-0.4, -0.2) is 43.1 Å². The van der Waals surface area contributed by atoms with Crippen LogP contribution in [-0.2, 0) is 6.42 Å². The molecule has 7 nitrogen and oxygen atoms in total. The number of furan rings is 1. The number of oxazole rings is 1. The number of carbonyl (C=O) groups excluding carboxylic acids is 1. The molecule has 8 heteroatoms. The molecule has 1 atom stereocenters. The van der Waals surface area contributed by atoms with Crippen LogP contribution in [0.4, 0.5) is 9.18 Å². The number of amides is 2. The number of halogens is 1. The molecule has 3 rings (SSSR count). The number of nitrogens with zero attached hydrogens (tertiary/aromatic N) is 2. The van der Waals surface area contributed by atoms with Gasteiger partial charge in [0.25, 0.3) is 0 Å². The minimum atomic E-state index is -0.311. The number of aromatic nitrogens is 1. The Hall–Kier alpha value is -3.13. The number of rotatable bonds is 8. The monoisotopic (exact) mass is 386 g/mol. The number of benzene rings is 1. The first kappa shape index (κ1) is 19.6. The molecule has 2 aromatic heterocycles. The number of carbonyl (C=O) groups is 1. The highest BCUT2D eigenvalue weighted by Gasteiger charge is 2.17. The van der Waals surface area contributed by atoms with Crippen molar-refractivity contribution >= 4 is 6.03 Å². The highest BCUT2D eigenvalue weighted by Crippen LogP contribution is 2.19. The Labute approximate surface area is 162 Å². The van der Waals surface area contributed by atoms with Crippen molar-refractivity contribution in [1.29, 1.82) is 0 Å². The van der Waals surface area contributed by atoms with Crippen molar-refractivity contribution in [2.75, 3.05) is 27.2 Å². The number of nitrogens with one attached hydrogen (secondary N) is 2. The lowest BCUT2D eigenvalue weighted by Gasteiger charge is -2.22. The summed E-state index contributed by atoms with van der Waals surface area (Å²) in [4.78, 5) is 18.4. The highest BCUT2D eigenvalue weighted by atomic mass is 19.1. The van der Waals surface area contributed by atoms with E-state index in [4.69, 9.17) is 8.83 Å². The SMILES string of the molecule is CN(C)C(CNC(=O)NCCc1coc(-c2ccc(F)cc2)n1)c1ccco1. The molecule has 0 saturated carbocycles. The minimum Gasteiger partial charge on any atom is -0.468 e. The van der Waals surface area contributed by atoms with Crippen molar-refractivity contribution in [2.45, 2.75) is 12.5 Å². The topological polar surface area (TPSA) is 83.5 Å². The predicted molar refractivity (Wildman–Crippen MR) is 102 cm³/mol. The first-order chi connectivity index (χ1) is 13.5. The van der Waals surface area contributed by atoms with Crippen LogP contribution in [0.5, 0.6) is 0 Å². The molecule has 2 heterocycles. The molecule has 148 valence electrons. The molecule has 1 unspecified atom stereocenters. The number of hydrogen-bond acceptors (Lipinski definition) is 5. The molecule has 3 aromatic rings. The smallest absolute Gasteiger partial charge is 0.314 e. The third-order valence-corrected chi connectivity index (χ3v) is 4.26. The first-order valence-corrected chi connectivity index (χ1v) is 8.95.